The zero-order valence-electron chi connectivity index (χ0n) is 18.6. The highest BCUT2D eigenvalue weighted by atomic mass is 32.2. The number of ether oxygens (including phenoxy) is 1. The van der Waals surface area contributed by atoms with Gasteiger partial charge in [0.1, 0.15) is 5.75 Å². The largest absolute Gasteiger partial charge is 0.497 e. The summed E-state index contributed by atoms with van der Waals surface area (Å²) < 4.78 is 7.19. The van der Waals surface area contributed by atoms with Crippen LogP contribution in [0.5, 0.6) is 5.75 Å². The Morgan fingerprint density at radius 2 is 1.82 bits per heavy atom. The first-order chi connectivity index (χ1) is 16.0. The van der Waals surface area contributed by atoms with Crippen molar-refractivity contribution in [2.24, 2.45) is 0 Å². The number of hydrogen-bond acceptors (Lipinski definition) is 7. The Balaban J connectivity index is 1.54. The van der Waals surface area contributed by atoms with Crippen LogP contribution in [0, 0.1) is 0 Å². The predicted molar refractivity (Wildman–Crippen MR) is 131 cm³/mol. The van der Waals surface area contributed by atoms with Crippen LogP contribution in [-0.2, 0) is 4.79 Å². The Morgan fingerprint density at radius 3 is 2.45 bits per heavy atom. The number of thioether (sulfide) groups is 1. The van der Waals surface area contributed by atoms with Gasteiger partial charge in [-0.3, -0.25) is 14.3 Å². The van der Waals surface area contributed by atoms with Gasteiger partial charge < -0.3 is 15.0 Å². The van der Waals surface area contributed by atoms with E-state index in [0.717, 1.165) is 28.4 Å². The number of hydrogen-bond donors (Lipinski definition) is 1. The second kappa shape index (κ2) is 10.2. The summed E-state index contributed by atoms with van der Waals surface area (Å²) >= 11 is 1.32. The number of carbonyl (C=O) groups is 1. The highest BCUT2D eigenvalue weighted by Gasteiger charge is 2.17. The molecule has 0 bridgehead atoms. The lowest BCUT2D eigenvalue weighted by atomic mass is 10.2. The van der Waals surface area contributed by atoms with Crippen LogP contribution in [0.2, 0.25) is 0 Å². The third kappa shape index (κ3) is 5.32. The standard InChI is InChI=1S/C24H24N6O2S/c1-29(2)19-8-6-18(7-9-19)26-22(31)16-33-24-28-27-23(17-5-4-14-25-15-17)30(24)20-10-12-21(32-3)13-11-20/h4-15H,16H2,1-3H3,(H,26,31). The van der Waals surface area contributed by atoms with Crippen LogP contribution in [-0.4, -0.2) is 52.6 Å². The van der Waals surface area contributed by atoms with Gasteiger partial charge in [-0.1, -0.05) is 11.8 Å². The fourth-order valence-electron chi connectivity index (χ4n) is 3.18. The van der Waals surface area contributed by atoms with Crippen molar-refractivity contribution in [3.63, 3.8) is 0 Å². The number of rotatable bonds is 8. The van der Waals surface area contributed by atoms with Crippen LogP contribution in [0.1, 0.15) is 0 Å². The van der Waals surface area contributed by atoms with Crippen molar-refractivity contribution in [1.82, 2.24) is 19.7 Å². The molecule has 1 amide bonds. The lowest BCUT2D eigenvalue weighted by molar-refractivity contribution is -0.113. The molecule has 0 radical (unpaired) electrons. The van der Waals surface area contributed by atoms with Crippen LogP contribution in [0.4, 0.5) is 11.4 Å². The van der Waals surface area contributed by atoms with Crippen molar-refractivity contribution in [2.75, 3.05) is 37.2 Å². The van der Waals surface area contributed by atoms with E-state index < -0.39 is 0 Å². The first-order valence-electron chi connectivity index (χ1n) is 10.3. The molecule has 9 heteroatoms. The van der Waals surface area contributed by atoms with E-state index >= 15 is 0 Å². The van der Waals surface area contributed by atoms with E-state index in [1.807, 2.05) is 84.2 Å². The second-order valence-corrected chi connectivity index (χ2v) is 8.30. The first kappa shape index (κ1) is 22.3. The molecular weight excluding hydrogens is 436 g/mol. The molecule has 0 aliphatic rings. The van der Waals surface area contributed by atoms with E-state index in [4.69, 9.17) is 4.74 Å². The fraction of sp³-hybridized carbons (Fsp3) is 0.167. The van der Waals surface area contributed by atoms with Gasteiger partial charge in [-0.2, -0.15) is 0 Å². The average molecular weight is 461 g/mol. The molecule has 0 aliphatic carbocycles. The van der Waals surface area contributed by atoms with Gasteiger partial charge in [-0.15, -0.1) is 10.2 Å². The summed E-state index contributed by atoms with van der Waals surface area (Å²) in [5.41, 5.74) is 3.51. The quantitative estimate of drug-likeness (QED) is 0.396. The molecule has 0 saturated carbocycles. The van der Waals surface area contributed by atoms with Gasteiger partial charge in [0.15, 0.2) is 11.0 Å². The molecule has 0 unspecified atom stereocenters. The maximum absolute atomic E-state index is 12.6. The summed E-state index contributed by atoms with van der Waals surface area (Å²) in [6.07, 6.45) is 3.45. The molecule has 0 fully saturated rings. The Hall–Kier alpha value is -3.85. The number of nitrogens with one attached hydrogen (secondary N) is 1. The molecule has 8 nitrogen and oxygen atoms in total. The molecule has 168 valence electrons. The van der Waals surface area contributed by atoms with Gasteiger partial charge in [-0.25, -0.2) is 0 Å². The van der Waals surface area contributed by atoms with Crippen LogP contribution in [0.25, 0.3) is 17.1 Å². The molecule has 4 rings (SSSR count). The molecule has 2 heterocycles. The van der Waals surface area contributed by atoms with E-state index in [1.54, 1.807) is 19.5 Å². The molecule has 0 atom stereocenters. The number of anilines is 2. The van der Waals surface area contributed by atoms with E-state index in [-0.39, 0.29) is 11.7 Å². The Bertz CT molecular complexity index is 1210. The normalized spacial score (nSPS) is 10.6. The number of carbonyl (C=O) groups excluding carboxylic acids is 1. The summed E-state index contributed by atoms with van der Waals surface area (Å²) in [6, 6.07) is 19.1. The van der Waals surface area contributed by atoms with Crippen molar-refractivity contribution in [3.8, 4) is 22.8 Å². The highest BCUT2D eigenvalue weighted by molar-refractivity contribution is 7.99. The smallest absolute Gasteiger partial charge is 0.234 e. The van der Waals surface area contributed by atoms with Gasteiger partial charge in [0.25, 0.3) is 0 Å². The van der Waals surface area contributed by atoms with Crippen molar-refractivity contribution < 1.29 is 9.53 Å². The molecular formula is C24H24N6O2S. The third-order valence-electron chi connectivity index (χ3n) is 4.88. The van der Waals surface area contributed by atoms with Crippen LogP contribution >= 0.6 is 11.8 Å². The SMILES string of the molecule is COc1ccc(-n2c(SCC(=O)Nc3ccc(N(C)C)cc3)nnc2-c2cccnc2)cc1. The predicted octanol–water partition coefficient (Wildman–Crippen LogP) is 4.13. The zero-order chi connectivity index (χ0) is 23.2. The minimum atomic E-state index is -0.121. The number of pyridine rings is 1. The Morgan fingerprint density at radius 1 is 1.06 bits per heavy atom. The zero-order valence-corrected chi connectivity index (χ0v) is 19.4. The number of methoxy groups -OCH3 is 1. The molecule has 0 spiro atoms. The van der Waals surface area contributed by atoms with Gasteiger partial charge in [0.2, 0.25) is 5.91 Å². The molecule has 4 aromatic rings. The topological polar surface area (TPSA) is 85.2 Å². The average Bonchev–Trinajstić information content (AvgIpc) is 3.27. The fourth-order valence-corrected chi connectivity index (χ4v) is 3.93. The minimum Gasteiger partial charge on any atom is -0.497 e. The lowest BCUT2D eigenvalue weighted by Crippen LogP contribution is -2.15. The van der Waals surface area contributed by atoms with Crippen LogP contribution < -0.4 is 15.0 Å². The number of benzene rings is 2. The number of aromatic nitrogens is 4. The van der Waals surface area contributed by atoms with Crippen molar-refractivity contribution in [1.29, 1.82) is 0 Å². The molecule has 0 aliphatic heterocycles. The van der Waals surface area contributed by atoms with Crippen molar-refractivity contribution in [2.45, 2.75) is 5.16 Å². The Kier molecular flexibility index (Phi) is 6.89. The van der Waals surface area contributed by atoms with E-state index in [9.17, 15) is 4.79 Å². The van der Waals surface area contributed by atoms with Gasteiger partial charge in [0.05, 0.1) is 12.9 Å². The monoisotopic (exact) mass is 460 g/mol. The third-order valence-corrected chi connectivity index (χ3v) is 5.81. The highest BCUT2D eigenvalue weighted by Crippen LogP contribution is 2.28. The molecule has 2 aromatic heterocycles. The maximum atomic E-state index is 12.6. The molecule has 33 heavy (non-hydrogen) atoms. The van der Waals surface area contributed by atoms with Crippen molar-refractivity contribution in [3.05, 3.63) is 73.1 Å². The lowest BCUT2D eigenvalue weighted by Gasteiger charge is -2.13. The van der Waals surface area contributed by atoms with E-state index in [1.165, 1.54) is 11.8 Å². The maximum Gasteiger partial charge on any atom is 0.234 e. The van der Waals surface area contributed by atoms with Crippen molar-refractivity contribution >= 4 is 29.0 Å². The molecule has 1 N–H and O–H groups in total. The molecule has 2 aromatic carbocycles. The van der Waals surface area contributed by atoms with Gasteiger partial charge in [0, 0.05) is 49.1 Å². The van der Waals surface area contributed by atoms with Crippen LogP contribution in [0.3, 0.4) is 0 Å². The summed E-state index contributed by atoms with van der Waals surface area (Å²) in [5.74, 6) is 1.47. The summed E-state index contributed by atoms with van der Waals surface area (Å²) in [4.78, 5) is 18.8. The van der Waals surface area contributed by atoms with Gasteiger partial charge >= 0.3 is 0 Å². The minimum absolute atomic E-state index is 0.121. The number of amides is 1. The second-order valence-electron chi connectivity index (χ2n) is 7.36. The van der Waals surface area contributed by atoms with E-state index in [0.29, 0.717) is 11.0 Å². The first-order valence-corrected chi connectivity index (χ1v) is 11.2. The van der Waals surface area contributed by atoms with Crippen LogP contribution in [0.15, 0.2) is 78.2 Å². The molecule has 0 saturated heterocycles. The summed E-state index contributed by atoms with van der Waals surface area (Å²) in [5, 5.41) is 12.3. The Labute approximate surface area is 196 Å². The van der Waals surface area contributed by atoms with Gasteiger partial charge in [-0.05, 0) is 60.7 Å². The summed E-state index contributed by atoms with van der Waals surface area (Å²) in [7, 11) is 5.58. The number of nitrogens with zero attached hydrogens (tertiary/aromatic N) is 5. The summed E-state index contributed by atoms with van der Waals surface area (Å²) in [6.45, 7) is 0. The van der Waals surface area contributed by atoms with E-state index in [2.05, 4.69) is 20.5 Å².